The highest BCUT2D eigenvalue weighted by atomic mass is 16.3. The number of likely N-dealkylation sites (tertiary alicyclic amines) is 1. The number of piperidine rings is 1. The molecule has 1 fully saturated rings. The molecule has 20 heavy (non-hydrogen) atoms. The number of rotatable bonds is 2. The van der Waals surface area contributed by atoms with Crippen molar-refractivity contribution in [3.05, 3.63) is 36.0 Å². The van der Waals surface area contributed by atoms with Gasteiger partial charge in [-0.15, -0.1) is 0 Å². The predicted octanol–water partition coefficient (Wildman–Crippen LogP) is 2.26. The molecule has 2 aromatic rings. The first-order chi connectivity index (χ1) is 9.70. The average Bonchev–Trinajstić information content (AvgIpc) is 2.85. The average molecular weight is 272 g/mol. The Kier molecular flexibility index (Phi) is 3.49. The highest BCUT2D eigenvalue weighted by Crippen LogP contribution is 2.22. The van der Waals surface area contributed by atoms with Gasteiger partial charge in [0.1, 0.15) is 5.69 Å². The lowest BCUT2D eigenvalue weighted by atomic mass is 10.1. The summed E-state index contributed by atoms with van der Waals surface area (Å²) >= 11 is 0. The summed E-state index contributed by atoms with van der Waals surface area (Å²) in [5.41, 5.74) is 1.86. The molecule has 0 bridgehead atoms. The van der Waals surface area contributed by atoms with E-state index in [-0.39, 0.29) is 12.0 Å². The lowest BCUT2D eigenvalue weighted by Crippen LogP contribution is -2.40. The molecule has 1 aliphatic heterocycles. The second kappa shape index (κ2) is 5.29. The molecule has 0 unspecified atom stereocenters. The molecule has 2 heterocycles. The summed E-state index contributed by atoms with van der Waals surface area (Å²) in [5.74, 6) is 0.0787. The number of benzene rings is 1. The number of para-hydroxylation sites is 1. The van der Waals surface area contributed by atoms with Gasteiger partial charge in [0.2, 0.25) is 0 Å². The molecule has 1 aliphatic rings. The molecule has 4 heteroatoms. The van der Waals surface area contributed by atoms with E-state index in [1.54, 1.807) is 0 Å². The number of aryl methyl sites for hydroxylation is 1. The molecule has 3 rings (SSSR count). The van der Waals surface area contributed by atoms with E-state index in [9.17, 15) is 9.90 Å². The SMILES string of the molecule is CCn1c(C(=O)N2CCC(O)CC2)cc2ccccc21. The third-order valence-corrected chi connectivity index (χ3v) is 4.10. The molecule has 0 radical (unpaired) electrons. The minimum atomic E-state index is -0.254. The summed E-state index contributed by atoms with van der Waals surface area (Å²) in [6, 6.07) is 10.1. The molecule has 0 aliphatic carbocycles. The third-order valence-electron chi connectivity index (χ3n) is 4.10. The van der Waals surface area contributed by atoms with Crippen LogP contribution in [0.5, 0.6) is 0 Å². The number of hydrogen-bond acceptors (Lipinski definition) is 2. The van der Waals surface area contributed by atoms with Crippen molar-refractivity contribution in [3.8, 4) is 0 Å². The number of carbonyl (C=O) groups excluding carboxylic acids is 1. The smallest absolute Gasteiger partial charge is 0.270 e. The van der Waals surface area contributed by atoms with Crippen molar-refractivity contribution >= 4 is 16.8 Å². The quantitative estimate of drug-likeness (QED) is 0.911. The topological polar surface area (TPSA) is 45.5 Å². The molecule has 106 valence electrons. The van der Waals surface area contributed by atoms with Crippen LogP contribution in [0, 0.1) is 0 Å². The molecule has 1 amide bonds. The van der Waals surface area contributed by atoms with Crippen molar-refractivity contribution in [2.45, 2.75) is 32.4 Å². The largest absolute Gasteiger partial charge is 0.393 e. The molecule has 1 aromatic heterocycles. The highest BCUT2D eigenvalue weighted by molar-refractivity contribution is 5.98. The van der Waals surface area contributed by atoms with Gasteiger partial charge in [0, 0.05) is 30.5 Å². The van der Waals surface area contributed by atoms with Crippen LogP contribution < -0.4 is 0 Å². The number of aromatic nitrogens is 1. The van der Waals surface area contributed by atoms with Crippen LogP contribution in [0.25, 0.3) is 10.9 Å². The second-order valence-electron chi connectivity index (χ2n) is 5.36. The van der Waals surface area contributed by atoms with Crippen molar-refractivity contribution < 1.29 is 9.90 Å². The van der Waals surface area contributed by atoms with Crippen LogP contribution in [0.3, 0.4) is 0 Å². The Bertz CT molecular complexity index is 624. The molecule has 0 saturated carbocycles. The van der Waals surface area contributed by atoms with E-state index in [4.69, 9.17) is 0 Å². The van der Waals surface area contributed by atoms with Crippen molar-refractivity contribution in [1.29, 1.82) is 0 Å². The van der Waals surface area contributed by atoms with Gasteiger partial charge in [-0.25, -0.2) is 0 Å². The fraction of sp³-hybridized carbons (Fsp3) is 0.438. The number of nitrogens with zero attached hydrogens (tertiary/aromatic N) is 2. The predicted molar refractivity (Wildman–Crippen MR) is 78.8 cm³/mol. The minimum absolute atomic E-state index is 0.0787. The van der Waals surface area contributed by atoms with E-state index in [0.29, 0.717) is 25.9 Å². The molecule has 0 spiro atoms. The number of carbonyl (C=O) groups is 1. The van der Waals surface area contributed by atoms with Crippen molar-refractivity contribution in [2.24, 2.45) is 0 Å². The monoisotopic (exact) mass is 272 g/mol. The van der Waals surface area contributed by atoms with Gasteiger partial charge in [-0.3, -0.25) is 4.79 Å². The number of hydrogen-bond donors (Lipinski definition) is 1. The van der Waals surface area contributed by atoms with E-state index in [1.807, 2.05) is 29.2 Å². The maximum absolute atomic E-state index is 12.7. The lowest BCUT2D eigenvalue weighted by Gasteiger charge is -2.29. The Hall–Kier alpha value is -1.81. The van der Waals surface area contributed by atoms with E-state index >= 15 is 0 Å². The van der Waals surface area contributed by atoms with Gasteiger partial charge in [-0.2, -0.15) is 0 Å². The Morgan fingerprint density at radius 1 is 1.30 bits per heavy atom. The molecular formula is C16H20N2O2. The summed E-state index contributed by atoms with van der Waals surface area (Å²) in [7, 11) is 0. The van der Waals surface area contributed by atoms with Crippen molar-refractivity contribution in [2.75, 3.05) is 13.1 Å². The van der Waals surface area contributed by atoms with E-state index in [0.717, 1.165) is 23.1 Å². The van der Waals surface area contributed by atoms with Crippen LogP contribution >= 0.6 is 0 Å². The van der Waals surface area contributed by atoms with Gasteiger partial charge in [0.15, 0.2) is 0 Å². The first kappa shape index (κ1) is 13.2. The minimum Gasteiger partial charge on any atom is -0.393 e. The maximum Gasteiger partial charge on any atom is 0.270 e. The molecule has 0 atom stereocenters. The molecule has 4 nitrogen and oxygen atoms in total. The highest BCUT2D eigenvalue weighted by Gasteiger charge is 2.24. The number of fused-ring (bicyclic) bond motifs is 1. The zero-order valence-electron chi connectivity index (χ0n) is 11.7. The van der Waals surface area contributed by atoms with Gasteiger partial charge in [0.05, 0.1) is 6.10 Å². The standard InChI is InChI=1S/C16H20N2O2/c1-2-18-14-6-4-3-5-12(14)11-15(18)16(20)17-9-7-13(19)8-10-17/h3-6,11,13,19H,2,7-10H2,1H3. The van der Waals surface area contributed by atoms with E-state index in [2.05, 4.69) is 17.6 Å². The number of aliphatic hydroxyl groups is 1. The number of aliphatic hydroxyl groups excluding tert-OH is 1. The first-order valence-corrected chi connectivity index (χ1v) is 7.26. The molecular weight excluding hydrogens is 252 g/mol. The van der Waals surface area contributed by atoms with Crippen LogP contribution in [0.2, 0.25) is 0 Å². The lowest BCUT2D eigenvalue weighted by molar-refractivity contribution is 0.0538. The zero-order chi connectivity index (χ0) is 14.1. The van der Waals surface area contributed by atoms with Gasteiger partial charge < -0.3 is 14.6 Å². The molecule has 1 aromatic carbocycles. The van der Waals surface area contributed by atoms with Crippen molar-refractivity contribution in [1.82, 2.24) is 9.47 Å². The Morgan fingerprint density at radius 2 is 2.00 bits per heavy atom. The Labute approximate surface area is 118 Å². The van der Waals surface area contributed by atoms with E-state index < -0.39 is 0 Å². The Balaban J connectivity index is 1.95. The third kappa shape index (κ3) is 2.20. The van der Waals surface area contributed by atoms with Gasteiger partial charge in [0.25, 0.3) is 5.91 Å². The summed E-state index contributed by atoms with van der Waals surface area (Å²) in [5, 5.41) is 10.7. The summed E-state index contributed by atoms with van der Waals surface area (Å²) in [6.07, 6.45) is 1.10. The van der Waals surface area contributed by atoms with Gasteiger partial charge in [-0.05, 0) is 31.9 Å². The van der Waals surface area contributed by atoms with Crippen LogP contribution in [-0.4, -0.2) is 39.7 Å². The summed E-state index contributed by atoms with van der Waals surface area (Å²) in [6.45, 7) is 4.13. The van der Waals surface area contributed by atoms with Crippen LogP contribution in [0.15, 0.2) is 30.3 Å². The zero-order valence-corrected chi connectivity index (χ0v) is 11.7. The second-order valence-corrected chi connectivity index (χ2v) is 5.36. The number of amides is 1. The molecule has 1 saturated heterocycles. The summed E-state index contributed by atoms with van der Waals surface area (Å²) in [4.78, 5) is 14.5. The Morgan fingerprint density at radius 3 is 2.70 bits per heavy atom. The van der Waals surface area contributed by atoms with Crippen LogP contribution in [-0.2, 0) is 6.54 Å². The van der Waals surface area contributed by atoms with Crippen LogP contribution in [0.1, 0.15) is 30.3 Å². The fourth-order valence-corrected chi connectivity index (χ4v) is 2.96. The molecule has 1 N–H and O–H groups in total. The normalized spacial score (nSPS) is 16.8. The fourth-order valence-electron chi connectivity index (χ4n) is 2.96. The van der Waals surface area contributed by atoms with E-state index in [1.165, 1.54) is 0 Å². The van der Waals surface area contributed by atoms with Gasteiger partial charge in [-0.1, -0.05) is 18.2 Å². The first-order valence-electron chi connectivity index (χ1n) is 7.26. The summed E-state index contributed by atoms with van der Waals surface area (Å²) < 4.78 is 2.07. The van der Waals surface area contributed by atoms with Crippen molar-refractivity contribution in [3.63, 3.8) is 0 Å². The van der Waals surface area contributed by atoms with Gasteiger partial charge >= 0.3 is 0 Å². The van der Waals surface area contributed by atoms with Crippen LogP contribution in [0.4, 0.5) is 0 Å². The maximum atomic E-state index is 12.7.